The molecule has 4 aliphatic rings. The minimum atomic E-state index is -2.25. The first-order valence-electron chi connectivity index (χ1n) is 15.1. The molecule has 4 aliphatic carbocycles. The number of carbonyl (C=O) groups is 3. The Morgan fingerprint density at radius 3 is 2.30 bits per heavy atom. The molecule has 0 heterocycles. The van der Waals surface area contributed by atoms with Crippen LogP contribution >= 0.6 is 0 Å². The lowest BCUT2D eigenvalue weighted by Gasteiger charge is -2.48. The third-order valence-corrected chi connectivity index (χ3v) is 10.6. The van der Waals surface area contributed by atoms with E-state index in [1.54, 1.807) is 19.1 Å². The molecular weight excluding hydrogens is 512 g/mol. The monoisotopic (exact) mass is 560 g/mol. The van der Waals surface area contributed by atoms with Crippen LogP contribution < -0.4 is 0 Å². The molecule has 2 fully saturated rings. The van der Waals surface area contributed by atoms with Crippen molar-refractivity contribution in [3.8, 4) is 0 Å². The number of hydrogen-bond acceptors (Lipinski definition) is 8. The molecule has 1 spiro atoms. The lowest BCUT2D eigenvalue weighted by molar-refractivity contribution is -0.192. The van der Waals surface area contributed by atoms with Crippen molar-refractivity contribution in [3.63, 3.8) is 0 Å². The summed E-state index contributed by atoms with van der Waals surface area (Å²) < 4.78 is 11.5. The molecule has 8 heteroatoms. The highest BCUT2D eigenvalue weighted by molar-refractivity contribution is 5.96. The fraction of sp³-hybridized carbons (Fsp3) is 0.781. The second-order valence-electron chi connectivity index (χ2n) is 13.3. The van der Waals surface area contributed by atoms with Gasteiger partial charge < -0.3 is 24.8 Å². The zero-order valence-electron chi connectivity index (χ0n) is 25.0. The molecule has 0 aromatic rings. The number of allylic oxidation sites excluding steroid dienone is 1. The molecule has 0 amide bonds. The molecule has 2 bridgehead atoms. The fourth-order valence-electron chi connectivity index (χ4n) is 8.38. The van der Waals surface area contributed by atoms with Gasteiger partial charge in [-0.2, -0.15) is 0 Å². The molecule has 8 nitrogen and oxygen atoms in total. The van der Waals surface area contributed by atoms with Crippen LogP contribution in [-0.4, -0.2) is 63.1 Å². The summed E-state index contributed by atoms with van der Waals surface area (Å²) in [5.74, 6) is -2.92. The normalized spacial score (nSPS) is 39.2. The number of carbonyl (C=O) groups excluding carboxylic acids is 3. The van der Waals surface area contributed by atoms with Crippen molar-refractivity contribution < 1.29 is 39.2 Å². The first-order valence-corrected chi connectivity index (χ1v) is 15.1. The number of aliphatic hydroxyl groups excluding tert-OH is 2. The van der Waals surface area contributed by atoms with Crippen molar-refractivity contribution in [3.05, 3.63) is 23.3 Å². The Balaban J connectivity index is 1.66. The Bertz CT molecular complexity index is 1090. The van der Waals surface area contributed by atoms with Crippen molar-refractivity contribution in [2.45, 2.75) is 123 Å². The van der Waals surface area contributed by atoms with Gasteiger partial charge in [-0.05, 0) is 36.8 Å². The Hall–Kier alpha value is -2.03. The second-order valence-corrected chi connectivity index (χ2v) is 13.3. The maximum absolute atomic E-state index is 14.5. The molecule has 40 heavy (non-hydrogen) atoms. The van der Waals surface area contributed by atoms with Crippen LogP contribution in [0.5, 0.6) is 0 Å². The Labute approximate surface area is 238 Å². The van der Waals surface area contributed by atoms with E-state index in [1.165, 1.54) is 32.6 Å². The third-order valence-electron chi connectivity index (χ3n) is 10.6. The average molecular weight is 561 g/mol. The van der Waals surface area contributed by atoms with E-state index >= 15 is 0 Å². The molecule has 0 aliphatic heterocycles. The molecule has 0 aromatic heterocycles. The van der Waals surface area contributed by atoms with Gasteiger partial charge in [-0.25, -0.2) is 0 Å². The summed E-state index contributed by atoms with van der Waals surface area (Å²) in [5, 5.41) is 34.9. The van der Waals surface area contributed by atoms with E-state index < -0.39 is 52.0 Å². The molecule has 0 saturated heterocycles. The zero-order valence-corrected chi connectivity index (χ0v) is 25.0. The lowest BCUT2D eigenvalue weighted by Crippen LogP contribution is -2.65. The number of esters is 2. The number of Topliss-reactive ketones (excluding diaryl/α,β-unsaturated/α-hetero) is 1. The van der Waals surface area contributed by atoms with Gasteiger partial charge in [0.2, 0.25) is 0 Å². The molecule has 3 N–H and O–H groups in total. The summed E-state index contributed by atoms with van der Waals surface area (Å²) in [6.07, 6.45) is 8.33. The van der Waals surface area contributed by atoms with Crippen LogP contribution in [0.15, 0.2) is 23.3 Å². The van der Waals surface area contributed by atoms with Crippen LogP contribution in [0.25, 0.3) is 0 Å². The van der Waals surface area contributed by atoms with Crippen molar-refractivity contribution in [1.82, 2.24) is 0 Å². The Kier molecular flexibility index (Phi) is 8.50. The molecule has 4 rings (SSSR count). The number of rotatable bonds is 11. The van der Waals surface area contributed by atoms with Crippen LogP contribution in [0.4, 0.5) is 0 Å². The molecule has 0 aromatic carbocycles. The standard InChI is InChI=1S/C32H48O8/c1-7-8-9-10-11-12-13-14-24(34)40-31-17-20(3)30-16-19(2)26(35)32(30,38)27(36)22(18-39-21(4)33)15-23(28(30)37)25(31)29(31,5)6/h15-16,20,23,25-27,35-36,38H,7-14,17-18H2,1-6H3/t20?,23-,25+,26-,27+,30?,31-,32+/m0/s1. The Morgan fingerprint density at radius 2 is 1.68 bits per heavy atom. The van der Waals surface area contributed by atoms with Gasteiger partial charge in [0.05, 0.1) is 5.41 Å². The third kappa shape index (κ3) is 4.49. The summed E-state index contributed by atoms with van der Waals surface area (Å²) in [6, 6.07) is 0. The summed E-state index contributed by atoms with van der Waals surface area (Å²) in [4.78, 5) is 39.4. The van der Waals surface area contributed by atoms with E-state index in [4.69, 9.17) is 9.47 Å². The smallest absolute Gasteiger partial charge is 0.306 e. The topological polar surface area (TPSA) is 130 Å². The number of ketones is 1. The van der Waals surface area contributed by atoms with Crippen molar-refractivity contribution in [2.24, 2.45) is 28.6 Å². The first-order chi connectivity index (χ1) is 18.7. The summed E-state index contributed by atoms with van der Waals surface area (Å²) >= 11 is 0. The van der Waals surface area contributed by atoms with E-state index in [1.807, 2.05) is 20.8 Å². The van der Waals surface area contributed by atoms with E-state index in [-0.39, 0.29) is 29.9 Å². The molecule has 2 unspecified atom stereocenters. The molecule has 2 saturated carbocycles. The number of unbranched alkanes of at least 4 members (excludes halogenated alkanes) is 6. The quantitative estimate of drug-likeness (QED) is 0.195. The van der Waals surface area contributed by atoms with E-state index in [9.17, 15) is 29.7 Å². The average Bonchev–Trinajstić information content (AvgIpc) is 3.30. The van der Waals surface area contributed by atoms with Gasteiger partial charge in [0.1, 0.15) is 30.0 Å². The number of fused-ring (bicyclic) bond motifs is 3. The van der Waals surface area contributed by atoms with Gasteiger partial charge >= 0.3 is 11.9 Å². The lowest BCUT2D eigenvalue weighted by atomic mass is 9.59. The highest BCUT2D eigenvalue weighted by Gasteiger charge is 2.83. The minimum absolute atomic E-state index is 0.167. The maximum atomic E-state index is 14.5. The van der Waals surface area contributed by atoms with Gasteiger partial charge in [0.25, 0.3) is 0 Å². The van der Waals surface area contributed by atoms with Gasteiger partial charge in [-0.3, -0.25) is 14.4 Å². The van der Waals surface area contributed by atoms with Crippen LogP contribution in [0.1, 0.15) is 99.3 Å². The summed E-state index contributed by atoms with van der Waals surface area (Å²) in [7, 11) is 0. The highest BCUT2D eigenvalue weighted by atomic mass is 16.6. The van der Waals surface area contributed by atoms with Gasteiger partial charge in [0.15, 0.2) is 5.78 Å². The Morgan fingerprint density at radius 1 is 1.05 bits per heavy atom. The predicted molar refractivity (Wildman–Crippen MR) is 149 cm³/mol. The molecule has 0 radical (unpaired) electrons. The largest absolute Gasteiger partial charge is 0.461 e. The van der Waals surface area contributed by atoms with Crippen LogP contribution in [0.2, 0.25) is 0 Å². The SMILES string of the molecule is CCCCCCCCCC(=O)O[C@@]12CC(C)C34C=C(C)[C@H](O)[C@@]3(O)[C@H](O)C(COC(C)=O)=C[C@H](C4=O)[C@@H]1C2(C)C. The number of ether oxygens (including phenoxy) is 2. The van der Waals surface area contributed by atoms with Gasteiger partial charge in [0, 0.05) is 30.6 Å². The second kappa shape index (κ2) is 11.0. The number of hydrogen-bond donors (Lipinski definition) is 3. The van der Waals surface area contributed by atoms with Crippen LogP contribution in [-0.2, 0) is 23.9 Å². The first kappa shape index (κ1) is 30.9. The minimum Gasteiger partial charge on any atom is -0.461 e. The van der Waals surface area contributed by atoms with Crippen LogP contribution in [0, 0.1) is 28.6 Å². The number of aliphatic hydroxyl groups is 3. The predicted octanol–water partition coefficient (Wildman–Crippen LogP) is 4.19. The van der Waals surface area contributed by atoms with Gasteiger partial charge in [-0.15, -0.1) is 0 Å². The van der Waals surface area contributed by atoms with E-state index in [0.29, 0.717) is 18.4 Å². The van der Waals surface area contributed by atoms with Crippen molar-refractivity contribution >= 4 is 17.7 Å². The van der Waals surface area contributed by atoms with E-state index in [0.717, 1.165) is 19.3 Å². The molecule has 8 atom stereocenters. The van der Waals surface area contributed by atoms with Crippen molar-refractivity contribution in [1.29, 1.82) is 0 Å². The summed E-state index contributed by atoms with van der Waals surface area (Å²) in [6.45, 7) is 10.6. The van der Waals surface area contributed by atoms with Crippen molar-refractivity contribution in [2.75, 3.05) is 6.61 Å². The highest BCUT2D eigenvalue weighted by Crippen LogP contribution is 2.75. The molecular formula is C32H48O8. The van der Waals surface area contributed by atoms with Gasteiger partial charge in [-0.1, -0.05) is 78.4 Å². The summed E-state index contributed by atoms with van der Waals surface area (Å²) in [5.41, 5.74) is -4.76. The zero-order chi connectivity index (χ0) is 29.7. The maximum Gasteiger partial charge on any atom is 0.306 e. The van der Waals surface area contributed by atoms with Crippen LogP contribution in [0.3, 0.4) is 0 Å². The van der Waals surface area contributed by atoms with E-state index in [2.05, 4.69) is 6.92 Å². The molecule has 224 valence electrons. The fourth-order valence-corrected chi connectivity index (χ4v) is 8.38.